The van der Waals surface area contributed by atoms with Crippen LogP contribution in [0.5, 0.6) is 0 Å². The lowest BCUT2D eigenvalue weighted by Gasteiger charge is -2.15. The van der Waals surface area contributed by atoms with Crippen LogP contribution in [0.1, 0.15) is 12.0 Å². The maximum atomic E-state index is 2.46. The first kappa shape index (κ1) is 29.3. The third-order valence-corrected chi connectivity index (χ3v) is 10.4. The Hall–Kier alpha value is -6.64. The van der Waals surface area contributed by atoms with Gasteiger partial charge in [0.05, 0.1) is 33.4 Å². The average Bonchev–Trinajstić information content (AvgIpc) is 3.57. The first-order valence-electron chi connectivity index (χ1n) is 17.7. The van der Waals surface area contributed by atoms with E-state index in [0.29, 0.717) is 0 Å². The second-order valence-corrected chi connectivity index (χ2v) is 13.2. The minimum absolute atomic E-state index is 0.945. The third-order valence-electron chi connectivity index (χ3n) is 10.4. The van der Waals surface area contributed by atoms with Crippen molar-refractivity contribution in [1.29, 1.82) is 0 Å². The van der Waals surface area contributed by atoms with Gasteiger partial charge in [0, 0.05) is 32.7 Å². The molecular formula is C49H34N2. The Labute approximate surface area is 297 Å². The number of aromatic nitrogens is 2. The van der Waals surface area contributed by atoms with Crippen LogP contribution < -0.4 is 0 Å². The summed E-state index contributed by atoms with van der Waals surface area (Å²) >= 11 is 0. The van der Waals surface area contributed by atoms with Gasteiger partial charge in [0.25, 0.3) is 0 Å². The molecule has 0 N–H and O–H groups in total. The zero-order valence-electron chi connectivity index (χ0n) is 28.1. The molecule has 51 heavy (non-hydrogen) atoms. The van der Waals surface area contributed by atoms with Crippen LogP contribution in [0.2, 0.25) is 0 Å². The van der Waals surface area contributed by atoms with Crippen molar-refractivity contribution in [3.63, 3.8) is 0 Å². The van der Waals surface area contributed by atoms with Crippen molar-refractivity contribution in [2.24, 2.45) is 0 Å². The van der Waals surface area contributed by atoms with Gasteiger partial charge in [-0.15, -0.1) is 0 Å². The third kappa shape index (κ3) is 4.65. The number of fused-ring (bicyclic) bond motifs is 6. The van der Waals surface area contributed by atoms with Crippen molar-refractivity contribution in [1.82, 2.24) is 9.13 Å². The van der Waals surface area contributed by atoms with Crippen LogP contribution in [0, 0.1) is 0 Å². The van der Waals surface area contributed by atoms with Gasteiger partial charge >= 0.3 is 0 Å². The van der Waals surface area contributed by atoms with Crippen LogP contribution in [-0.4, -0.2) is 9.13 Å². The Morgan fingerprint density at radius 1 is 0.373 bits per heavy atom. The number of benzene rings is 7. The molecule has 0 saturated carbocycles. The van der Waals surface area contributed by atoms with Crippen LogP contribution >= 0.6 is 0 Å². The fourth-order valence-electron chi connectivity index (χ4n) is 8.21. The maximum absolute atomic E-state index is 2.46. The van der Waals surface area contributed by atoms with Crippen LogP contribution in [0.15, 0.2) is 194 Å². The molecule has 2 aromatic heterocycles. The summed E-state index contributed by atoms with van der Waals surface area (Å²) < 4.78 is 4.92. The van der Waals surface area contributed by atoms with Crippen molar-refractivity contribution >= 4 is 49.2 Å². The van der Waals surface area contributed by atoms with E-state index in [1.165, 1.54) is 88.4 Å². The fraction of sp³-hybridized carbons (Fsp3) is 0.0204. The largest absolute Gasteiger partial charge is 0.309 e. The summed E-state index contributed by atoms with van der Waals surface area (Å²) in [5.41, 5.74) is 14.5. The predicted molar refractivity (Wildman–Crippen MR) is 217 cm³/mol. The van der Waals surface area contributed by atoms with Crippen molar-refractivity contribution < 1.29 is 0 Å². The van der Waals surface area contributed by atoms with Gasteiger partial charge in [-0.25, -0.2) is 0 Å². The molecular weight excluding hydrogens is 617 g/mol. The van der Waals surface area contributed by atoms with Crippen LogP contribution in [-0.2, 0) is 0 Å². The number of hydrogen-bond donors (Lipinski definition) is 0. The van der Waals surface area contributed by atoms with E-state index in [4.69, 9.17) is 0 Å². The molecule has 2 nitrogen and oxygen atoms in total. The van der Waals surface area contributed by atoms with Gasteiger partial charge in [-0.2, -0.15) is 0 Å². The van der Waals surface area contributed by atoms with E-state index in [-0.39, 0.29) is 0 Å². The van der Waals surface area contributed by atoms with Crippen molar-refractivity contribution in [2.45, 2.75) is 6.42 Å². The lowest BCUT2D eigenvalue weighted by atomic mass is 9.95. The van der Waals surface area contributed by atoms with Crippen LogP contribution in [0.3, 0.4) is 0 Å². The molecule has 0 aliphatic heterocycles. The van der Waals surface area contributed by atoms with Crippen molar-refractivity contribution in [3.8, 4) is 33.6 Å². The highest BCUT2D eigenvalue weighted by Gasteiger charge is 2.22. The molecule has 7 aromatic carbocycles. The molecule has 0 unspecified atom stereocenters. The van der Waals surface area contributed by atoms with Gasteiger partial charge in [0.2, 0.25) is 0 Å². The molecule has 0 radical (unpaired) electrons. The van der Waals surface area contributed by atoms with Gasteiger partial charge in [-0.1, -0.05) is 158 Å². The Bertz CT molecular complexity index is 2880. The van der Waals surface area contributed by atoms with E-state index < -0.39 is 0 Å². The molecule has 0 fully saturated rings. The SMILES string of the molecule is C1=CCC=CC(c2ccccc2-n2c3ccccc3c3c(-c4cccc5c4c4ccccc4n5-c4ccccc4-c4ccccc4)cccc32)=C1. The summed E-state index contributed by atoms with van der Waals surface area (Å²) in [6.45, 7) is 0. The summed E-state index contributed by atoms with van der Waals surface area (Å²) in [5, 5.41) is 5.03. The Morgan fingerprint density at radius 2 is 0.863 bits per heavy atom. The van der Waals surface area contributed by atoms with E-state index >= 15 is 0 Å². The molecule has 10 rings (SSSR count). The zero-order chi connectivity index (χ0) is 33.7. The topological polar surface area (TPSA) is 9.86 Å². The standard InChI is InChI=1S/C49H34N2/c1-2-5-19-34(18-4-1)36-22-8-12-28-42(36)50-44-30-14-10-24-40(44)48-38(26-16-32-46(48)50)39-27-17-33-47-49(39)41-25-11-15-31-45(41)51(47)43-29-13-9-23-37(43)35-20-6-3-7-21-35/h1,3-33H,2H2. The number of allylic oxidation sites excluding steroid dienone is 6. The van der Waals surface area contributed by atoms with Gasteiger partial charge < -0.3 is 9.13 Å². The Balaban J connectivity index is 1.27. The zero-order valence-corrected chi connectivity index (χ0v) is 28.1. The summed E-state index contributed by atoms with van der Waals surface area (Å²) in [6.07, 6.45) is 12.0. The molecule has 9 aromatic rings. The quantitative estimate of drug-likeness (QED) is 0.175. The van der Waals surface area contributed by atoms with Crippen LogP contribution in [0.25, 0.3) is 82.8 Å². The maximum Gasteiger partial charge on any atom is 0.0547 e. The highest BCUT2D eigenvalue weighted by Crippen LogP contribution is 2.45. The lowest BCUT2D eigenvalue weighted by molar-refractivity contribution is 1.17. The van der Waals surface area contributed by atoms with Crippen molar-refractivity contribution in [2.75, 3.05) is 0 Å². The van der Waals surface area contributed by atoms with Gasteiger partial charge in [-0.3, -0.25) is 0 Å². The van der Waals surface area contributed by atoms with E-state index in [2.05, 4.69) is 203 Å². The van der Waals surface area contributed by atoms with Gasteiger partial charge in [0.1, 0.15) is 0 Å². The first-order chi connectivity index (χ1) is 25.4. The normalized spacial score (nSPS) is 13.0. The van der Waals surface area contributed by atoms with E-state index in [9.17, 15) is 0 Å². The lowest BCUT2D eigenvalue weighted by Crippen LogP contribution is -1.99. The monoisotopic (exact) mass is 650 g/mol. The number of rotatable bonds is 5. The number of nitrogens with zero attached hydrogens (tertiary/aromatic N) is 2. The predicted octanol–water partition coefficient (Wildman–Crippen LogP) is 13.1. The second kappa shape index (κ2) is 12.0. The molecule has 0 saturated heterocycles. The minimum atomic E-state index is 0.945. The molecule has 1 aliphatic rings. The summed E-state index contributed by atoms with van der Waals surface area (Å²) in [6, 6.07) is 59.7. The highest BCUT2D eigenvalue weighted by molar-refractivity contribution is 6.22. The first-order valence-corrected chi connectivity index (χ1v) is 17.7. The second-order valence-electron chi connectivity index (χ2n) is 13.2. The molecule has 0 atom stereocenters. The van der Waals surface area contributed by atoms with Gasteiger partial charge in [-0.05, 0) is 65.1 Å². The molecule has 2 heterocycles. The van der Waals surface area contributed by atoms with Crippen molar-refractivity contribution in [3.05, 3.63) is 200 Å². The van der Waals surface area contributed by atoms with Crippen LogP contribution in [0.4, 0.5) is 0 Å². The number of hydrogen-bond acceptors (Lipinski definition) is 0. The van der Waals surface area contributed by atoms with E-state index in [1.54, 1.807) is 0 Å². The molecule has 0 bridgehead atoms. The molecule has 240 valence electrons. The molecule has 2 heteroatoms. The highest BCUT2D eigenvalue weighted by atomic mass is 15.0. The van der Waals surface area contributed by atoms with E-state index in [0.717, 1.165) is 6.42 Å². The Kier molecular flexibility index (Phi) is 6.92. The number of para-hydroxylation sites is 4. The van der Waals surface area contributed by atoms with E-state index in [1.807, 2.05) is 0 Å². The minimum Gasteiger partial charge on any atom is -0.309 e. The Morgan fingerprint density at radius 3 is 1.51 bits per heavy atom. The fourth-order valence-corrected chi connectivity index (χ4v) is 8.21. The smallest absolute Gasteiger partial charge is 0.0547 e. The van der Waals surface area contributed by atoms with Gasteiger partial charge in [0.15, 0.2) is 0 Å². The summed E-state index contributed by atoms with van der Waals surface area (Å²) in [4.78, 5) is 0. The molecule has 0 amide bonds. The summed E-state index contributed by atoms with van der Waals surface area (Å²) in [7, 11) is 0. The summed E-state index contributed by atoms with van der Waals surface area (Å²) in [5.74, 6) is 0. The molecule has 1 aliphatic carbocycles. The molecule has 0 spiro atoms. The average molecular weight is 651 g/mol.